The molecule has 212 valence electrons. The Labute approximate surface area is 235 Å². The number of methoxy groups -OCH3 is 1. The standard InChI is InChI=1S/C30H37N5O5/c1-21-8-7-10-24(28(21)40-4)25(29(38)32(2)3)18-33(20-36)19-27(37)34-15-13-23(14-16-34)35-17-12-22-9-5-6-11-26(22)31-30(35)39/h5-11,18,20,23H,12-17,19H2,1-4H3,(H,31,39)/b25-18-. The molecular formula is C30H37N5O5. The Morgan fingerprint density at radius 3 is 2.48 bits per heavy atom. The third-order valence-electron chi connectivity index (χ3n) is 7.49. The number of anilines is 1. The van der Waals surface area contributed by atoms with Crippen molar-refractivity contribution in [2.75, 3.05) is 52.7 Å². The minimum atomic E-state index is -0.318. The van der Waals surface area contributed by atoms with Crippen molar-refractivity contribution in [3.63, 3.8) is 0 Å². The van der Waals surface area contributed by atoms with Crippen LogP contribution < -0.4 is 10.1 Å². The molecule has 5 amide bonds. The number of urea groups is 1. The molecule has 10 nitrogen and oxygen atoms in total. The largest absolute Gasteiger partial charge is 0.496 e. The highest BCUT2D eigenvalue weighted by molar-refractivity contribution is 6.20. The summed E-state index contributed by atoms with van der Waals surface area (Å²) in [6.45, 7) is 3.25. The molecule has 1 N–H and O–H groups in total. The maximum atomic E-state index is 13.2. The van der Waals surface area contributed by atoms with Crippen LogP contribution in [0, 0.1) is 6.92 Å². The van der Waals surface area contributed by atoms with Crippen LogP contribution in [0.2, 0.25) is 0 Å². The van der Waals surface area contributed by atoms with Crippen LogP contribution in [0.4, 0.5) is 10.5 Å². The van der Waals surface area contributed by atoms with Gasteiger partial charge in [-0.25, -0.2) is 4.79 Å². The number of fused-ring (bicyclic) bond motifs is 1. The van der Waals surface area contributed by atoms with E-state index in [0.29, 0.717) is 50.2 Å². The van der Waals surface area contributed by atoms with Crippen molar-refractivity contribution >= 4 is 35.5 Å². The second-order valence-corrected chi connectivity index (χ2v) is 10.3. The van der Waals surface area contributed by atoms with Gasteiger partial charge in [-0.15, -0.1) is 0 Å². The van der Waals surface area contributed by atoms with Crippen LogP contribution in [-0.2, 0) is 20.8 Å². The topological polar surface area (TPSA) is 102 Å². The number of ether oxygens (including phenoxy) is 1. The molecule has 0 aromatic heterocycles. The fourth-order valence-electron chi connectivity index (χ4n) is 5.32. The number of piperidine rings is 1. The zero-order chi connectivity index (χ0) is 28.8. The molecule has 2 aromatic carbocycles. The predicted octanol–water partition coefficient (Wildman–Crippen LogP) is 2.97. The van der Waals surface area contributed by atoms with Gasteiger partial charge in [0.05, 0.1) is 12.7 Å². The lowest BCUT2D eigenvalue weighted by Crippen LogP contribution is -2.51. The van der Waals surface area contributed by atoms with Gasteiger partial charge < -0.3 is 29.7 Å². The first-order valence-electron chi connectivity index (χ1n) is 13.4. The van der Waals surface area contributed by atoms with E-state index in [1.165, 1.54) is 23.1 Å². The Kier molecular flexibility index (Phi) is 9.08. The summed E-state index contributed by atoms with van der Waals surface area (Å²) >= 11 is 0. The summed E-state index contributed by atoms with van der Waals surface area (Å²) < 4.78 is 5.55. The first-order valence-corrected chi connectivity index (χ1v) is 13.4. The molecule has 10 heteroatoms. The van der Waals surface area contributed by atoms with Gasteiger partial charge in [0.1, 0.15) is 12.3 Å². The monoisotopic (exact) mass is 547 g/mol. The van der Waals surface area contributed by atoms with Gasteiger partial charge in [-0.2, -0.15) is 0 Å². The fourth-order valence-corrected chi connectivity index (χ4v) is 5.32. The number of carbonyl (C=O) groups is 4. The van der Waals surface area contributed by atoms with Crippen LogP contribution in [0.1, 0.15) is 29.5 Å². The molecule has 1 saturated heterocycles. The van der Waals surface area contributed by atoms with Gasteiger partial charge in [-0.05, 0) is 43.4 Å². The molecule has 0 radical (unpaired) electrons. The van der Waals surface area contributed by atoms with E-state index in [1.807, 2.05) is 48.2 Å². The summed E-state index contributed by atoms with van der Waals surface area (Å²) in [5.41, 5.74) is 3.59. The predicted molar refractivity (Wildman–Crippen MR) is 153 cm³/mol. The number of carbonyl (C=O) groups excluding carboxylic acids is 4. The lowest BCUT2D eigenvalue weighted by atomic mass is 10.0. The van der Waals surface area contributed by atoms with E-state index in [1.54, 1.807) is 25.1 Å². The molecular weight excluding hydrogens is 510 g/mol. The molecule has 2 aromatic rings. The second kappa shape index (κ2) is 12.7. The lowest BCUT2D eigenvalue weighted by molar-refractivity contribution is -0.135. The maximum Gasteiger partial charge on any atom is 0.322 e. The van der Waals surface area contributed by atoms with E-state index in [4.69, 9.17) is 4.74 Å². The van der Waals surface area contributed by atoms with Gasteiger partial charge in [-0.1, -0.05) is 36.4 Å². The molecule has 2 heterocycles. The van der Waals surface area contributed by atoms with Gasteiger partial charge in [0.15, 0.2) is 0 Å². The molecule has 4 rings (SSSR count). The minimum Gasteiger partial charge on any atom is -0.496 e. The van der Waals surface area contributed by atoms with Crippen LogP contribution in [0.25, 0.3) is 5.57 Å². The van der Waals surface area contributed by atoms with E-state index < -0.39 is 0 Å². The van der Waals surface area contributed by atoms with E-state index in [-0.39, 0.29) is 36.0 Å². The molecule has 0 unspecified atom stereocenters. The van der Waals surface area contributed by atoms with Gasteiger partial charge in [0, 0.05) is 57.2 Å². The number of benzene rings is 2. The van der Waals surface area contributed by atoms with Crippen molar-refractivity contribution in [1.29, 1.82) is 0 Å². The number of para-hydroxylation sites is 2. The summed E-state index contributed by atoms with van der Waals surface area (Å²) in [7, 11) is 4.78. The molecule has 40 heavy (non-hydrogen) atoms. The van der Waals surface area contributed by atoms with Gasteiger partial charge >= 0.3 is 6.03 Å². The van der Waals surface area contributed by atoms with Crippen molar-refractivity contribution in [2.45, 2.75) is 32.2 Å². The van der Waals surface area contributed by atoms with Gasteiger partial charge in [0.25, 0.3) is 5.91 Å². The highest BCUT2D eigenvalue weighted by atomic mass is 16.5. The number of likely N-dealkylation sites (N-methyl/N-ethyl adjacent to an activating group) is 1. The zero-order valence-electron chi connectivity index (χ0n) is 23.6. The first-order chi connectivity index (χ1) is 19.2. The van der Waals surface area contributed by atoms with Crippen molar-refractivity contribution in [1.82, 2.24) is 19.6 Å². The molecule has 0 aliphatic carbocycles. The van der Waals surface area contributed by atoms with Gasteiger partial charge in [-0.3, -0.25) is 14.4 Å². The molecule has 2 aliphatic heterocycles. The van der Waals surface area contributed by atoms with Crippen molar-refractivity contribution in [2.24, 2.45) is 0 Å². The normalized spacial score (nSPS) is 16.0. The quantitative estimate of drug-likeness (QED) is 0.405. The Morgan fingerprint density at radius 1 is 1.07 bits per heavy atom. The summed E-state index contributed by atoms with van der Waals surface area (Å²) in [5.74, 6) is -0.00637. The molecule has 0 bridgehead atoms. The molecule has 0 spiro atoms. The molecule has 0 atom stereocenters. The average molecular weight is 548 g/mol. The summed E-state index contributed by atoms with van der Waals surface area (Å²) in [5, 5.41) is 3.01. The highest BCUT2D eigenvalue weighted by Gasteiger charge is 2.31. The fraction of sp³-hybridized carbons (Fsp3) is 0.400. The summed E-state index contributed by atoms with van der Waals surface area (Å²) in [6, 6.07) is 13.2. The molecule has 2 aliphatic rings. The first kappa shape index (κ1) is 28.7. The number of aryl methyl sites for hydroxylation is 1. The Bertz CT molecular complexity index is 1300. The minimum absolute atomic E-state index is 0.0264. The van der Waals surface area contributed by atoms with Crippen molar-refractivity contribution < 1.29 is 23.9 Å². The van der Waals surface area contributed by atoms with E-state index >= 15 is 0 Å². The number of hydrogen-bond acceptors (Lipinski definition) is 5. The summed E-state index contributed by atoms with van der Waals surface area (Å²) in [6.07, 6.45) is 4.04. The second-order valence-electron chi connectivity index (χ2n) is 10.3. The molecule has 1 fully saturated rings. The van der Waals surface area contributed by atoms with Gasteiger partial charge in [0.2, 0.25) is 12.3 Å². The number of likely N-dealkylation sites (tertiary alicyclic amines) is 1. The van der Waals surface area contributed by atoms with Crippen molar-refractivity contribution in [3.8, 4) is 5.75 Å². The smallest absolute Gasteiger partial charge is 0.322 e. The SMILES string of the molecule is COc1c(C)cccc1/C(=C/N(C=O)CC(=O)N1CCC(N2CCc3ccccc3NC2=O)CC1)C(=O)N(C)C. The third kappa shape index (κ3) is 6.27. The van der Waals surface area contributed by atoms with Crippen molar-refractivity contribution in [3.05, 3.63) is 65.4 Å². The van der Waals surface area contributed by atoms with Crippen LogP contribution in [0.15, 0.2) is 48.7 Å². The lowest BCUT2D eigenvalue weighted by Gasteiger charge is -2.38. The zero-order valence-corrected chi connectivity index (χ0v) is 23.6. The Hall–Kier alpha value is -4.34. The van der Waals surface area contributed by atoms with E-state index in [2.05, 4.69) is 5.32 Å². The van der Waals surface area contributed by atoms with E-state index in [9.17, 15) is 19.2 Å². The average Bonchev–Trinajstić information content (AvgIpc) is 3.12. The maximum absolute atomic E-state index is 13.2. The van der Waals surface area contributed by atoms with Crippen LogP contribution in [0.5, 0.6) is 5.75 Å². The highest BCUT2D eigenvalue weighted by Crippen LogP contribution is 2.31. The van der Waals surface area contributed by atoms with E-state index in [0.717, 1.165) is 23.2 Å². The summed E-state index contributed by atoms with van der Waals surface area (Å²) in [4.78, 5) is 57.4. The van der Waals surface area contributed by atoms with Crippen LogP contribution in [0.3, 0.4) is 0 Å². The number of rotatable bonds is 8. The number of amides is 5. The van der Waals surface area contributed by atoms with Crippen LogP contribution >= 0.6 is 0 Å². The van der Waals surface area contributed by atoms with Crippen LogP contribution in [-0.4, -0.2) is 97.3 Å². The third-order valence-corrected chi connectivity index (χ3v) is 7.49. The Morgan fingerprint density at radius 2 is 1.80 bits per heavy atom. The Balaban J connectivity index is 1.43. The number of hydrogen-bond donors (Lipinski definition) is 1. The number of nitrogens with zero attached hydrogens (tertiary/aromatic N) is 4. The molecule has 0 saturated carbocycles. The number of nitrogens with one attached hydrogen (secondary N) is 1.